The number of esters is 1. The summed E-state index contributed by atoms with van der Waals surface area (Å²) in [5.41, 5.74) is -0.769. The lowest BCUT2D eigenvalue weighted by molar-refractivity contribution is -0.163. The van der Waals surface area contributed by atoms with Crippen molar-refractivity contribution in [3.05, 3.63) is 29.8 Å². The number of nitrogens with zero attached hydrogens (tertiary/aromatic N) is 1. The molecule has 1 N–H and O–H groups in total. The molecule has 1 aromatic rings. The summed E-state index contributed by atoms with van der Waals surface area (Å²) in [7, 11) is 1.56. The highest BCUT2D eigenvalue weighted by Crippen LogP contribution is 2.31. The molecule has 4 atom stereocenters. The van der Waals surface area contributed by atoms with Gasteiger partial charge in [0.2, 0.25) is 5.91 Å². The van der Waals surface area contributed by atoms with Crippen LogP contribution in [0.5, 0.6) is 5.75 Å². The van der Waals surface area contributed by atoms with E-state index in [1.54, 1.807) is 60.8 Å². The number of amides is 2. The van der Waals surface area contributed by atoms with Gasteiger partial charge in [0.15, 0.2) is 12.2 Å². The van der Waals surface area contributed by atoms with E-state index < -0.39 is 53.7 Å². The van der Waals surface area contributed by atoms with Gasteiger partial charge in [-0.25, -0.2) is 14.4 Å². The number of carbonyl (C=O) groups excluding carboxylic acids is 4. The summed E-state index contributed by atoms with van der Waals surface area (Å²) in [6, 6.07) is 5.70. The Hall–Kier alpha value is -3.50. The minimum Gasteiger partial charge on any atom is -0.497 e. The second-order valence-electron chi connectivity index (χ2n) is 11.1. The number of nitrogens with one attached hydrogen (secondary N) is 1. The number of carbonyl (C=O) groups is 4. The van der Waals surface area contributed by atoms with Crippen molar-refractivity contribution >= 4 is 24.1 Å². The largest absolute Gasteiger partial charge is 0.509 e. The van der Waals surface area contributed by atoms with Gasteiger partial charge in [0.25, 0.3) is 0 Å². The van der Waals surface area contributed by atoms with Gasteiger partial charge in [-0.2, -0.15) is 0 Å². The van der Waals surface area contributed by atoms with Crippen LogP contribution in [-0.2, 0) is 35.0 Å². The van der Waals surface area contributed by atoms with E-state index in [4.69, 9.17) is 23.7 Å². The van der Waals surface area contributed by atoms with E-state index in [1.807, 2.05) is 12.1 Å². The van der Waals surface area contributed by atoms with Crippen LogP contribution >= 0.6 is 0 Å². The topological polar surface area (TPSA) is 130 Å². The number of rotatable bonds is 6. The third-order valence-electron chi connectivity index (χ3n) is 5.65. The minimum atomic E-state index is -1.04. The summed E-state index contributed by atoms with van der Waals surface area (Å²) in [5, 5.41) is 2.48. The first-order valence-electron chi connectivity index (χ1n) is 12.2. The van der Waals surface area contributed by atoms with Gasteiger partial charge < -0.3 is 29.0 Å². The first kappa shape index (κ1) is 28.1. The summed E-state index contributed by atoms with van der Waals surface area (Å²) >= 11 is 0. The maximum Gasteiger partial charge on any atom is 0.509 e. The average molecular weight is 521 g/mol. The summed E-state index contributed by atoms with van der Waals surface area (Å²) in [5.74, 6) is -0.276. The van der Waals surface area contributed by atoms with E-state index >= 15 is 0 Å². The highest BCUT2D eigenvalue weighted by molar-refractivity contribution is 5.95. The third-order valence-corrected chi connectivity index (χ3v) is 5.65. The lowest BCUT2D eigenvalue weighted by Crippen LogP contribution is -2.55. The molecule has 11 heteroatoms. The molecule has 3 rings (SSSR count). The molecule has 1 unspecified atom stereocenters. The zero-order chi connectivity index (χ0) is 27.5. The van der Waals surface area contributed by atoms with Crippen molar-refractivity contribution in [3.63, 3.8) is 0 Å². The predicted octanol–water partition coefficient (Wildman–Crippen LogP) is 2.98. The summed E-state index contributed by atoms with van der Waals surface area (Å²) in [4.78, 5) is 51.3. The molecule has 0 aromatic heterocycles. The minimum absolute atomic E-state index is 0.00205. The lowest BCUT2D eigenvalue weighted by atomic mass is 10.00. The van der Waals surface area contributed by atoms with Crippen LogP contribution in [0.4, 0.5) is 9.59 Å². The van der Waals surface area contributed by atoms with Crippen molar-refractivity contribution in [2.24, 2.45) is 0 Å². The van der Waals surface area contributed by atoms with Crippen molar-refractivity contribution in [1.29, 1.82) is 0 Å². The van der Waals surface area contributed by atoms with Gasteiger partial charge in [-0.15, -0.1) is 0 Å². The molecule has 11 nitrogen and oxygen atoms in total. The van der Waals surface area contributed by atoms with Crippen LogP contribution in [0.2, 0.25) is 0 Å². The number of ether oxygens (including phenoxy) is 5. The zero-order valence-corrected chi connectivity index (χ0v) is 22.4. The van der Waals surface area contributed by atoms with E-state index in [2.05, 4.69) is 5.32 Å². The van der Waals surface area contributed by atoms with Gasteiger partial charge in [-0.3, -0.25) is 9.69 Å². The maximum absolute atomic E-state index is 13.2. The molecule has 0 aliphatic carbocycles. The van der Waals surface area contributed by atoms with Crippen LogP contribution in [0.25, 0.3) is 0 Å². The summed E-state index contributed by atoms with van der Waals surface area (Å²) < 4.78 is 27.5. The fourth-order valence-corrected chi connectivity index (χ4v) is 3.99. The molecule has 1 aromatic carbocycles. The Kier molecular flexibility index (Phi) is 8.24. The molecule has 2 fully saturated rings. The number of benzene rings is 1. The molecule has 37 heavy (non-hydrogen) atoms. The normalized spacial score (nSPS) is 23.4. The molecule has 0 bridgehead atoms. The van der Waals surface area contributed by atoms with Gasteiger partial charge in [0.05, 0.1) is 26.1 Å². The van der Waals surface area contributed by atoms with E-state index in [0.29, 0.717) is 5.75 Å². The average Bonchev–Trinajstić information content (AvgIpc) is 3.06. The molecule has 2 saturated heterocycles. The Morgan fingerprint density at radius 1 is 0.973 bits per heavy atom. The van der Waals surface area contributed by atoms with Crippen molar-refractivity contribution < 1.29 is 42.9 Å². The van der Waals surface area contributed by atoms with Gasteiger partial charge >= 0.3 is 18.2 Å². The van der Waals surface area contributed by atoms with E-state index in [9.17, 15) is 19.2 Å². The van der Waals surface area contributed by atoms with Crippen molar-refractivity contribution in [2.45, 2.75) is 89.9 Å². The fraction of sp³-hybridized carbons (Fsp3) is 0.615. The van der Waals surface area contributed by atoms with Crippen LogP contribution in [0.3, 0.4) is 0 Å². The Bertz CT molecular complexity index is 1000. The first-order valence-corrected chi connectivity index (χ1v) is 12.2. The van der Waals surface area contributed by atoms with Gasteiger partial charge in [0, 0.05) is 0 Å². The summed E-state index contributed by atoms with van der Waals surface area (Å²) in [6.07, 6.45) is -3.38. The molecule has 204 valence electrons. The molecule has 0 spiro atoms. The van der Waals surface area contributed by atoms with Crippen molar-refractivity contribution in [3.8, 4) is 5.75 Å². The second-order valence-corrected chi connectivity index (χ2v) is 11.1. The van der Waals surface area contributed by atoms with Gasteiger partial charge in [0.1, 0.15) is 23.0 Å². The molecule has 2 aliphatic rings. The fourth-order valence-electron chi connectivity index (χ4n) is 3.99. The maximum atomic E-state index is 13.2. The molecule has 2 heterocycles. The highest BCUT2D eigenvalue weighted by Gasteiger charge is 2.51. The van der Waals surface area contributed by atoms with Gasteiger partial charge in [-0.1, -0.05) is 12.1 Å². The lowest BCUT2D eigenvalue weighted by Gasteiger charge is -2.32. The Balaban J connectivity index is 1.91. The van der Waals surface area contributed by atoms with Gasteiger partial charge in [-0.05, 0) is 65.7 Å². The van der Waals surface area contributed by atoms with Crippen LogP contribution in [0.15, 0.2) is 24.3 Å². The number of likely N-dealkylation sites (tertiary alicyclic amines) is 1. The Morgan fingerprint density at radius 3 is 2.08 bits per heavy atom. The summed E-state index contributed by atoms with van der Waals surface area (Å²) in [6.45, 7) is 10.2. The van der Waals surface area contributed by atoms with E-state index in [1.165, 1.54) is 4.90 Å². The van der Waals surface area contributed by atoms with Crippen LogP contribution in [-0.4, -0.2) is 78.2 Å². The molecule has 0 radical (unpaired) electrons. The van der Waals surface area contributed by atoms with Crippen molar-refractivity contribution in [1.82, 2.24) is 10.2 Å². The molecule has 2 aliphatic heterocycles. The molecular formula is C26H36N2O9. The molecule has 0 saturated carbocycles. The number of methoxy groups -OCH3 is 1. The first-order chi connectivity index (χ1) is 17.1. The smallest absolute Gasteiger partial charge is 0.497 e. The standard InChI is InChI=1S/C26H36N2O9/c1-25(2,3)36-23(31)28-14-19(34-24(32)37-26(4,5)6)21(35-22(30)17-13-20(29)27-17)18(28)12-15-8-10-16(33-7)11-9-15/h8-11,17-19,21H,12-14H2,1-7H3,(H,27,29)/t17?,18-,19+,21+/m1/s1. The Morgan fingerprint density at radius 2 is 1.57 bits per heavy atom. The second kappa shape index (κ2) is 10.9. The monoisotopic (exact) mass is 520 g/mol. The van der Waals surface area contributed by atoms with Crippen LogP contribution in [0, 0.1) is 0 Å². The number of hydrogen-bond donors (Lipinski definition) is 1. The molecule has 2 amide bonds. The predicted molar refractivity (Wildman–Crippen MR) is 131 cm³/mol. The zero-order valence-electron chi connectivity index (χ0n) is 22.4. The third kappa shape index (κ3) is 7.74. The van der Waals surface area contributed by atoms with E-state index in [0.717, 1.165) is 5.56 Å². The van der Waals surface area contributed by atoms with E-state index in [-0.39, 0.29) is 25.3 Å². The SMILES string of the molecule is COc1ccc(C[C@@H]2[C@H](OC(=O)C3CC(=O)N3)[C@@H](OC(=O)OC(C)(C)C)CN2C(=O)OC(C)(C)C)cc1. The van der Waals surface area contributed by atoms with Crippen LogP contribution in [0.1, 0.15) is 53.5 Å². The van der Waals surface area contributed by atoms with Crippen LogP contribution < -0.4 is 10.1 Å². The highest BCUT2D eigenvalue weighted by atomic mass is 16.7. The number of β-lactam (4-membered cyclic amide) rings is 1. The molecular weight excluding hydrogens is 484 g/mol. The van der Waals surface area contributed by atoms with Crippen molar-refractivity contribution in [2.75, 3.05) is 13.7 Å². The number of hydrogen-bond acceptors (Lipinski definition) is 9. The quantitative estimate of drug-likeness (QED) is 0.342. The Labute approximate surface area is 216 Å².